The fourth-order valence-electron chi connectivity index (χ4n) is 3.72. The molecule has 3 rings (SSSR count). The molecular formula is C19H23F2NO8. The van der Waals surface area contributed by atoms with E-state index < -0.39 is 54.2 Å². The standard InChI is InChI=1S/C19H23F2NO8/c1-9(24)3-2-4-13(25)22-10-5-6-12(11(7-10)16(20)21)29-17-19(28)15(27)14(26)18(19,8-23)30-17/h5-7,14-17,23,26-28H,2-4,8H2,1H3,(H,22,25)/t14-,15+,17-,18?,19?/m1/s1. The zero-order valence-corrected chi connectivity index (χ0v) is 16.0. The number of Topliss-reactive ketones (excluding diaryl/α,β-unsaturated/α-hetero) is 1. The van der Waals surface area contributed by atoms with Gasteiger partial charge in [-0.1, -0.05) is 0 Å². The molecule has 0 bridgehead atoms. The number of ketones is 1. The Kier molecular flexibility index (Phi) is 6.12. The van der Waals surface area contributed by atoms with Gasteiger partial charge in [-0.3, -0.25) is 4.79 Å². The Labute approximate surface area is 170 Å². The van der Waals surface area contributed by atoms with Crippen molar-refractivity contribution in [1.82, 2.24) is 0 Å². The van der Waals surface area contributed by atoms with E-state index in [1.54, 1.807) is 0 Å². The maximum absolute atomic E-state index is 13.5. The quantitative estimate of drug-likeness (QED) is 0.374. The molecule has 1 aliphatic heterocycles. The van der Waals surface area contributed by atoms with Crippen LogP contribution in [0.3, 0.4) is 0 Å². The minimum Gasteiger partial charge on any atom is -0.461 e. The van der Waals surface area contributed by atoms with E-state index >= 15 is 0 Å². The van der Waals surface area contributed by atoms with Crippen LogP contribution in [0.5, 0.6) is 5.75 Å². The van der Waals surface area contributed by atoms with E-state index in [1.807, 2.05) is 0 Å². The van der Waals surface area contributed by atoms with Crippen molar-refractivity contribution in [3.05, 3.63) is 23.8 Å². The van der Waals surface area contributed by atoms with Gasteiger partial charge < -0.3 is 40.0 Å². The SMILES string of the molecule is CC(=O)CCCC(=O)Nc1ccc(O[C@@H]2OC3(CO)[C@H](O)[C@H](O)C23O)c(C(F)F)c1. The fourth-order valence-corrected chi connectivity index (χ4v) is 3.72. The van der Waals surface area contributed by atoms with E-state index in [4.69, 9.17) is 9.47 Å². The Morgan fingerprint density at radius 3 is 2.57 bits per heavy atom. The van der Waals surface area contributed by atoms with Gasteiger partial charge in [-0.25, -0.2) is 8.78 Å². The number of carbonyl (C=O) groups is 2. The van der Waals surface area contributed by atoms with Gasteiger partial charge in [0.2, 0.25) is 12.2 Å². The number of alkyl halides is 2. The van der Waals surface area contributed by atoms with Gasteiger partial charge in [0, 0.05) is 18.5 Å². The first-order valence-corrected chi connectivity index (χ1v) is 9.32. The normalized spacial score (nSPS) is 32.1. The van der Waals surface area contributed by atoms with Crippen molar-refractivity contribution in [3.63, 3.8) is 0 Å². The third kappa shape index (κ3) is 3.46. The first kappa shape index (κ1) is 22.5. The van der Waals surface area contributed by atoms with Crippen LogP contribution in [0.1, 0.15) is 38.2 Å². The van der Waals surface area contributed by atoms with Crippen molar-refractivity contribution in [1.29, 1.82) is 0 Å². The van der Waals surface area contributed by atoms with E-state index in [2.05, 4.69) is 5.32 Å². The fraction of sp³-hybridized carbons (Fsp3) is 0.579. The third-order valence-corrected chi connectivity index (χ3v) is 5.51. The van der Waals surface area contributed by atoms with Crippen LogP contribution in [0.15, 0.2) is 18.2 Å². The summed E-state index contributed by atoms with van der Waals surface area (Å²) in [6.07, 6.45) is -7.20. The summed E-state index contributed by atoms with van der Waals surface area (Å²) in [6, 6.07) is 3.44. The largest absolute Gasteiger partial charge is 0.461 e. The number of halogens is 2. The number of amides is 1. The van der Waals surface area contributed by atoms with Crippen LogP contribution in [-0.2, 0) is 14.3 Å². The maximum atomic E-state index is 13.5. The molecule has 5 atom stereocenters. The first-order chi connectivity index (χ1) is 14.1. The molecule has 0 aromatic heterocycles. The average molecular weight is 431 g/mol. The highest BCUT2D eigenvalue weighted by Crippen LogP contribution is 2.57. The van der Waals surface area contributed by atoms with Crippen molar-refractivity contribution < 1.29 is 48.3 Å². The monoisotopic (exact) mass is 431 g/mol. The van der Waals surface area contributed by atoms with E-state index in [-0.39, 0.29) is 30.1 Å². The molecule has 1 aromatic rings. The van der Waals surface area contributed by atoms with Gasteiger partial charge in [-0.05, 0) is 31.5 Å². The van der Waals surface area contributed by atoms with Crippen LogP contribution in [0.4, 0.5) is 14.5 Å². The zero-order chi connectivity index (χ0) is 22.3. The van der Waals surface area contributed by atoms with Crippen LogP contribution in [0.25, 0.3) is 0 Å². The number of aliphatic hydroxyl groups is 4. The number of hydrogen-bond donors (Lipinski definition) is 5. The lowest BCUT2D eigenvalue weighted by Gasteiger charge is -2.70. The number of nitrogens with one attached hydrogen (secondary N) is 1. The predicted molar refractivity (Wildman–Crippen MR) is 96.8 cm³/mol. The Hall–Kier alpha value is -2.18. The Morgan fingerprint density at radius 1 is 1.27 bits per heavy atom. The van der Waals surface area contributed by atoms with Crippen molar-refractivity contribution in [3.8, 4) is 5.75 Å². The lowest BCUT2D eigenvalue weighted by atomic mass is 9.56. The Bertz CT molecular complexity index is 837. The van der Waals surface area contributed by atoms with E-state index in [0.717, 1.165) is 12.1 Å². The van der Waals surface area contributed by atoms with Gasteiger partial charge in [-0.15, -0.1) is 0 Å². The summed E-state index contributed by atoms with van der Waals surface area (Å²) < 4.78 is 37.5. The third-order valence-electron chi connectivity index (χ3n) is 5.51. The summed E-state index contributed by atoms with van der Waals surface area (Å²) in [4.78, 5) is 22.8. The van der Waals surface area contributed by atoms with Crippen LogP contribution in [0, 0.1) is 0 Å². The molecule has 1 heterocycles. The van der Waals surface area contributed by atoms with Crippen LogP contribution in [0.2, 0.25) is 0 Å². The molecule has 2 aliphatic rings. The number of aliphatic hydroxyl groups excluding tert-OH is 3. The minimum atomic E-state index is -3.00. The van der Waals surface area contributed by atoms with Crippen LogP contribution >= 0.6 is 0 Å². The van der Waals surface area contributed by atoms with Gasteiger partial charge >= 0.3 is 0 Å². The summed E-state index contributed by atoms with van der Waals surface area (Å²) in [5.41, 5.74) is -4.51. The molecule has 1 amide bonds. The number of hydrogen-bond acceptors (Lipinski definition) is 8. The molecule has 1 saturated carbocycles. The van der Waals surface area contributed by atoms with Gasteiger partial charge in [0.05, 0.1) is 12.2 Å². The van der Waals surface area contributed by atoms with Gasteiger partial charge in [0.1, 0.15) is 23.7 Å². The smallest absolute Gasteiger partial charge is 0.267 e. The highest BCUT2D eigenvalue weighted by molar-refractivity contribution is 5.91. The molecule has 2 unspecified atom stereocenters. The molecular weight excluding hydrogens is 408 g/mol. The number of ether oxygens (including phenoxy) is 2. The highest BCUT2D eigenvalue weighted by Gasteiger charge is 2.85. The molecule has 0 spiro atoms. The topological polar surface area (TPSA) is 146 Å². The lowest BCUT2D eigenvalue weighted by molar-refractivity contribution is -0.510. The molecule has 11 heteroatoms. The van der Waals surface area contributed by atoms with Gasteiger partial charge in [0.25, 0.3) is 6.43 Å². The van der Waals surface area contributed by atoms with Gasteiger partial charge in [-0.2, -0.15) is 0 Å². The second-order valence-corrected chi connectivity index (χ2v) is 7.49. The summed E-state index contributed by atoms with van der Waals surface area (Å²) in [5.74, 6) is -0.863. The molecule has 9 nitrogen and oxygen atoms in total. The Morgan fingerprint density at radius 2 is 1.97 bits per heavy atom. The summed E-state index contributed by atoms with van der Waals surface area (Å²) in [5, 5.41) is 41.9. The van der Waals surface area contributed by atoms with Crippen molar-refractivity contribution in [2.75, 3.05) is 11.9 Å². The number of fused-ring (bicyclic) bond motifs is 1. The predicted octanol–water partition coefficient (Wildman–Crippen LogP) is 0.255. The molecule has 166 valence electrons. The van der Waals surface area contributed by atoms with Crippen molar-refractivity contribution in [2.24, 2.45) is 0 Å². The van der Waals surface area contributed by atoms with E-state index in [1.165, 1.54) is 13.0 Å². The lowest BCUT2D eigenvalue weighted by Crippen LogP contribution is -2.96. The summed E-state index contributed by atoms with van der Waals surface area (Å²) >= 11 is 0. The van der Waals surface area contributed by atoms with Crippen LogP contribution < -0.4 is 10.1 Å². The highest BCUT2D eigenvalue weighted by atomic mass is 19.3. The molecule has 2 fully saturated rings. The van der Waals surface area contributed by atoms with E-state index in [0.29, 0.717) is 6.42 Å². The number of carbonyl (C=O) groups excluding carboxylic acids is 2. The molecule has 30 heavy (non-hydrogen) atoms. The summed E-state index contributed by atoms with van der Waals surface area (Å²) in [6.45, 7) is 0.597. The first-order valence-electron chi connectivity index (χ1n) is 9.32. The molecule has 5 N–H and O–H groups in total. The number of anilines is 1. The second kappa shape index (κ2) is 8.16. The molecule has 1 saturated heterocycles. The summed E-state index contributed by atoms with van der Waals surface area (Å²) in [7, 11) is 0. The van der Waals surface area contributed by atoms with Crippen molar-refractivity contribution in [2.45, 2.75) is 62.3 Å². The molecule has 1 aromatic carbocycles. The van der Waals surface area contributed by atoms with Crippen LogP contribution in [-0.4, -0.2) is 68.4 Å². The van der Waals surface area contributed by atoms with Gasteiger partial charge in [0.15, 0.2) is 11.2 Å². The minimum absolute atomic E-state index is 0.0498. The zero-order valence-electron chi connectivity index (χ0n) is 16.0. The number of rotatable bonds is 9. The van der Waals surface area contributed by atoms with Crippen molar-refractivity contribution >= 4 is 17.4 Å². The van der Waals surface area contributed by atoms with E-state index in [9.17, 15) is 38.8 Å². The average Bonchev–Trinajstić information content (AvgIpc) is 2.69. The maximum Gasteiger partial charge on any atom is 0.267 e. The number of benzene rings is 1. The second-order valence-electron chi connectivity index (χ2n) is 7.49. The Balaban J connectivity index is 1.70. The molecule has 1 aliphatic carbocycles. The molecule has 0 radical (unpaired) electrons.